The number of H-pyrrole nitrogens is 1. The monoisotopic (exact) mass is 463 g/mol. The third-order valence-electron chi connectivity index (χ3n) is 5.65. The lowest BCUT2D eigenvalue weighted by Crippen LogP contribution is -2.32. The summed E-state index contributed by atoms with van der Waals surface area (Å²) in [5.74, 6) is 1.16. The second-order valence-corrected chi connectivity index (χ2v) is 8.18. The number of carbonyl (C=O) groups is 1. The third kappa shape index (κ3) is 4.91. The maximum atomic E-state index is 12.7. The van der Waals surface area contributed by atoms with Gasteiger partial charge in [0.2, 0.25) is 0 Å². The normalized spacial score (nSPS) is 11.8. The number of amides is 2. The van der Waals surface area contributed by atoms with Crippen molar-refractivity contribution >= 4 is 34.2 Å². The van der Waals surface area contributed by atoms with Crippen LogP contribution in [0.4, 0.5) is 10.5 Å². The predicted octanol–water partition coefficient (Wildman–Crippen LogP) is 6.10. The van der Waals surface area contributed by atoms with E-state index in [-0.39, 0.29) is 11.9 Å². The molecule has 170 valence electrons. The zero-order valence-corrected chi connectivity index (χ0v) is 19.5. The number of benzene rings is 3. The van der Waals surface area contributed by atoms with Gasteiger partial charge < -0.3 is 25.1 Å². The second-order valence-electron chi connectivity index (χ2n) is 7.77. The summed E-state index contributed by atoms with van der Waals surface area (Å²) in [6.07, 6.45) is 1.99. The molecule has 0 saturated carbocycles. The topological polar surface area (TPSA) is 75.4 Å². The smallest absolute Gasteiger partial charge is 0.319 e. The molecule has 3 N–H and O–H groups in total. The van der Waals surface area contributed by atoms with Crippen molar-refractivity contribution < 1.29 is 14.3 Å². The first-order valence-electron chi connectivity index (χ1n) is 10.6. The third-order valence-corrected chi connectivity index (χ3v) is 5.96. The van der Waals surface area contributed by atoms with E-state index in [1.165, 1.54) is 0 Å². The van der Waals surface area contributed by atoms with Gasteiger partial charge in [0, 0.05) is 29.6 Å². The summed E-state index contributed by atoms with van der Waals surface area (Å²) < 4.78 is 10.9. The quantitative estimate of drug-likeness (QED) is 0.310. The Hall–Kier alpha value is -3.64. The first-order valence-corrected chi connectivity index (χ1v) is 11.0. The number of aryl methyl sites for hydroxylation is 1. The summed E-state index contributed by atoms with van der Waals surface area (Å²) in [6, 6.07) is 19.1. The molecule has 7 heteroatoms. The van der Waals surface area contributed by atoms with Gasteiger partial charge >= 0.3 is 6.03 Å². The first-order chi connectivity index (χ1) is 16.0. The molecule has 4 aromatic rings. The Labute approximate surface area is 197 Å². The molecule has 0 unspecified atom stereocenters. The average Bonchev–Trinajstić information content (AvgIpc) is 3.25. The van der Waals surface area contributed by atoms with E-state index in [4.69, 9.17) is 21.1 Å². The van der Waals surface area contributed by atoms with E-state index in [2.05, 4.69) is 21.7 Å². The van der Waals surface area contributed by atoms with Crippen LogP contribution in [-0.2, 0) is 0 Å². The maximum Gasteiger partial charge on any atom is 0.319 e. The number of carbonyl (C=O) groups excluding carboxylic acids is 1. The molecule has 0 aliphatic carbocycles. The van der Waals surface area contributed by atoms with Crippen molar-refractivity contribution in [2.45, 2.75) is 12.8 Å². The van der Waals surface area contributed by atoms with Crippen LogP contribution in [0.25, 0.3) is 10.9 Å². The fourth-order valence-corrected chi connectivity index (χ4v) is 4.22. The SMILES string of the molecule is COc1ccc([C@H](CNC(=O)Nc2ccc(C)cc2Cl)c2c[nH]c3ccccc23)cc1OC. The molecule has 6 nitrogen and oxygen atoms in total. The van der Waals surface area contributed by atoms with E-state index in [9.17, 15) is 4.79 Å². The Bertz CT molecular complexity index is 1290. The van der Waals surface area contributed by atoms with Gasteiger partial charge in [0.15, 0.2) is 11.5 Å². The molecule has 1 aromatic heterocycles. The molecule has 1 atom stereocenters. The van der Waals surface area contributed by atoms with E-state index in [0.29, 0.717) is 28.8 Å². The van der Waals surface area contributed by atoms with Crippen molar-refractivity contribution in [2.75, 3.05) is 26.1 Å². The van der Waals surface area contributed by atoms with E-state index in [1.54, 1.807) is 20.3 Å². The summed E-state index contributed by atoms with van der Waals surface area (Å²) in [6.45, 7) is 2.32. The van der Waals surface area contributed by atoms with Gasteiger partial charge in [0.25, 0.3) is 0 Å². The van der Waals surface area contributed by atoms with E-state index in [1.807, 2.05) is 61.7 Å². The summed E-state index contributed by atoms with van der Waals surface area (Å²) >= 11 is 6.27. The van der Waals surface area contributed by atoms with Crippen LogP contribution in [0, 0.1) is 6.92 Å². The van der Waals surface area contributed by atoms with Crippen molar-refractivity contribution in [3.05, 3.63) is 88.6 Å². The standard InChI is InChI=1S/C26H26ClN3O3/c1-16-8-10-23(21(27)12-16)30-26(31)29-14-19(17-9-11-24(32-2)25(13-17)33-3)20-15-28-22-7-5-4-6-18(20)22/h4-13,15,19,28H,14H2,1-3H3,(H2,29,30,31)/t19-/m0/s1. The highest BCUT2D eigenvalue weighted by Crippen LogP contribution is 2.35. The molecule has 0 aliphatic heterocycles. The average molecular weight is 464 g/mol. The fraction of sp³-hybridized carbons (Fsp3) is 0.192. The van der Waals surface area contributed by atoms with Crippen LogP contribution in [0.3, 0.4) is 0 Å². The molecular formula is C26H26ClN3O3. The summed E-state index contributed by atoms with van der Waals surface area (Å²) in [5, 5.41) is 7.43. The van der Waals surface area contributed by atoms with Crippen LogP contribution < -0.4 is 20.1 Å². The Balaban J connectivity index is 1.62. The molecular weight excluding hydrogens is 438 g/mol. The molecule has 0 spiro atoms. The minimum absolute atomic E-state index is 0.125. The number of rotatable bonds is 7. The number of methoxy groups -OCH3 is 2. The van der Waals surface area contributed by atoms with Crippen LogP contribution in [0.5, 0.6) is 11.5 Å². The fourth-order valence-electron chi connectivity index (χ4n) is 3.94. The number of urea groups is 1. The first kappa shape index (κ1) is 22.6. The highest BCUT2D eigenvalue weighted by Gasteiger charge is 2.21. The molecule has 0 aliphatic rings. The van der Waals surface area contributed by atoms with E-state index < -0.39 is 0 Å². The van der Waals surface area contributed by atoms with Crippen molar-refractivity contribution in [3.8, 4) is 11.5 Å². The zero-order chi connectivity index (χ0) is 23.4. The molecule has 0 radical (unpaired) electrons. The van der Waals surface area contributed by atoms with Gasteiger partial charge in [-0.05, 0) is 53.9 Å². The van der Waals surface area contributed by atoms with E-state index in [0.717, 1.165) is 27.6 Å². The van der Waals surface area contributed by atoms with Crippen LogP contribution >= 0.6 is 11.6 Å². The summed E-state index contributed by atoms with van der Waals surface area (Å²) in [5.41, 5.74) is 4.69. The van der Waals surface area contributed by atoms with Gasteiger partial charge in [-0.25, -0.2) is 4.79 Å². The van der Waals surface area contributed by atoms with Crippen molar-refractivity contribution in [3.63, 3.8) is 0 Å². The summed E-state index contributed by atoms with van der Waals surface area (Å²) in [4.78, 5) is 16.0. The highest BCUT2D eigenvalue weighted by atomic mass is 35.5. The number of fused-ring (bicyclic) bond motifs is 1. The number of hydrogen-bond acceptors (Lipinski definition) is 3. The van der Waals surface area contributed by atoms with Crippen LogP contribution in [0.15, 0.2) is 66.9 Å². The van der Waals surface area contributed by atoms with E-state index >= 15 is 0 Å². The van der Waals surface area contributed by atoms with Gasteiger partial charge in [-0.2, -0.15) is 0 Å². The number of nitrogens with one attached hydrogen (secondary N) is 3. The van der Waals surface area contributed by atoms with Gasteiger partial charge in [-0.1, -0.05) is 41.9 Å². The van der Waals surface area contributed by atoms with Crippen molar-refractivity contribution in [1.29, 1.82) is 0 Å². The van der Waals surface area contributed by atoms with Crippen LogP contribution in [-0.4, -0.2) is 31.8 Å². The molecule has 0 fully saturated rings. The second kappa shape index (κ2) is 9.88. The molecule has 0 bridgehead atoms. The molecule has 2 amide bonds. The van der Waals surface area contributed by atoms with Crippen molar-refractivity contribution in [1.82, 2.24) is 10.3 Å². The molecule has 3 aromatic carbocycles. The summed E-state index contributed by atoms with van der Waals surface area (Å²) in [7, 11) is 3.22. The van der Waals surface area contributed by atoms with Gasteiger partial charge in [-0.3, -0.25) is 0 Å². The molecule has 0 saturated heterocycles. The Morgan fingerprint density at radius 2 is 1.82 bits per heavy atom. The zero-order valence-electron chi connectivity index (χ0n) is 18.7. The Morgan fingerprint density at radius 1 is 1.03 bits per heavy atom. The Morgan fingerprint density at radius 3 is 2.58 bits per heavy atom. The molecule has 33 heavy (non-hydrogen) atoms. The minimum Gasteiger partial charge on any atom is -0.493 e. The number of anilines is 1. The lowest BCUT2D eigenvalue weighted by molar-refractivity contribution is 0.252. The minimum atomic E-state index is -0.328. The molecule has 4 rings (SSSR count). The highest BCUT2D eigenvalue weighted by molar-refractivity contribution is 6.33. The van der Waals surface area contributed by atoms with Crippen LogP contribution in [0.2, 0.25) is 5.02 Å². The lowest BCUT2D eigenvalue weighted by Gasteiger charge is -2.20. The largest absolute Gasteiger partial charge is 0.493 e. The maximum absolute atomic E-state index is 12.7. The van der Waals surface area contributed by atoms with Crippen molar-refractivity contribution in [2.24, 2.45) is 0 Å². The number of aromatic nitrogens is 1. The molecule has 1 heterocycles. The number of ether oxygens (including phenoxy) is 2. The van der Waals surface area contributed by atoms with Gasteiger partial charge in [0.05, 0.1) is 24.9 Å². The number of aromatic amines is 1. The Kier molecular flexibility index (Phi) is 6.75. The van der Waals surface area contributed by atoms with Gasteiger partial charge in [0.1, 0.15) is 0 Å². The number of hydrogen-bond donors (Lipinski definition) is 3. The predicted molar refractivity (Wildman–Crippen MR) is 133 cm³/mol. The van der Waals surface area contributed by atoms with Gasteiger partial charge in [-0.15, -0.1) is 0 Å². The lowest BCUT2D eigenvalue weighted by atomic mass is 9.90. The number of halogens is 1. The van der Waals surface area contributed by atoms with Crippen LogP contribution in [0.1, 0.15) is 22.6 Å². The number of para-hydroxylation sites is 1.